The number of hydrogen-bond acceptors (Lipinski definition) is 4. The molecule has 0 aliphatic carbocycles. The molecule has 2 N–H and O–H groups in total. The Morgan fingerprint density at radius 3 is 3.00 bits per heavy atom. The first kappa shape index (κ1) is 14.5. The number of hydrogen-bond donors (Lipinski definition) is 2. The standard InChI is InChI=1S/C14H17N3O2S/c1-2-20-12-5-3-4-11(13(12)14(18)19)16-7-9-17-8-6-15-10-17/h3-6,8,10,16H,2,7,9H2,1H3,(H,18,19). The first-order valence-corrected chi connectivity index (χ1v) is 7.39. The lowest BCUT2D eigenvalue weighted by Gasteiger charge is -2.13. The van der Waals surface area contributed by atoms with Crippen molar-refractivity contribution in [1.82, 2.24) is 9.55 Å². The van der Waals surface area contributed by atoms with E-state index in [2.05, 4.69) is 10.3 Å². The van der Waals surface area contributed by atoms with Gasteiger partial charge in [0, 0.05) is 36.1 Å². The number of nitrogens with one attached hydrogen (secondary N) is 1. The van der Waals surface area contributed by atoms with Crippen molar-refractivity contribution in [2.45, 2.75) is 18.4 Å². The van der Waals surface area contributed by atoms with Crippen LogP contribution < -0.4 is 5.32 Å². The van der Waals surface area contributed by atoms with Crippen molar-refractivity contribution in [2.24, 2.45) is 0 Å². The molecule has 1 aromatic heterocycles. The molecule has 1 aromatic carbocycles. The van der Waals surface area contributed by atoms with Gasteiger partial charge in [-0.2, -0.15) is 0 Å². The van der Waals surface area contributed by atoms with Gasteiger partial charge in [0.25, 0.3) is 0 Å². The zero-order valence-electron chi connectivity index (χ0n) is 11.2. The molecule has 0 aliphatic rings. The number of carboxylic acids is 1. The van der Waals surface area contributed by atoms with E-state index in [1.54, 1.807) is 18.6 Å². The maximum Gasteiger partial charge on any atom is 0.338 e. The monoisotopic (exact) mass is 291 g/mol. The summed E-state index contributed by atoms with van der Waals surface area (Å²) in [7, 11) is 0. The van der Waals surface area contributed by atoms with Crippen LogP contribution in [0.5, 0.6) is 0 Å². The van der Waals surface area contributed by atoms with Crippen molar-refractivity contribution in [1.29, 1.82) is 0 Å². The first-order chi connectivity index (χ1) is 9.72. The Bertz CT molecular complexity index is 570. The van der Waals surface area contributed by atoms with Crippen molar-refractivity contribution in [3.63, 3.8) is 0 Å². The topological polar surface area (TPSA) is 67.2 Å². The van der Waals surface area contributed by atoms with Crippen LogP contribution in [0.4, 0.5) is 5.69 Å². The molecule has 0 radical (unpaired) electrons. The van der Waals surface area contributed by atoms with Crippen LogP contribution in [-0.2, 0) is 6.54 Å². The Morgan fingerprint density at radius 2 is 2.35 bits per heavy atom. The van der Waals surface area contributed by atoms with Gasteiger partial charge in [-0.05, 0) is 17.9 Å². The summed E-state index contributed by atoms with van der Waals surface area (Å²) < 4.78 is 1.94. The van der Waals surface area contributed by atoms with Crippen LogP contribution in [-0.4, -0.2) is 32.9 Å². The average Bonchev–Trinajstić information content (AvgIpc) is 2.92. The van der Waals surface area contributed by atoms with Crippen LogP contribution in [0, 0.1) is 0 Å². The highest BCUT2D eigenvalue weighted by Crippen LogP contribution is 2.28. The minimum absolute atomic E-state index is 0.352. The molecular weight excluding hydrogens is 274 g/mol. The van der Waals surface area contributed by atoms with Gasteiger partial charge >= 0.3 is 5.97 Å². The lowest BCUT2D eigenvalue weighted by molar-refractivity contribution is 0.0694. The van der Waals surface area contributed by atoms with E-state index in [0.717, 1.165) is 17.2 Å². The number of aromatic carboxylic acids is 1. The molecular formula is C14H17N3O2S. The molecule has 5 nitrogen and oxygen atoms in total. The van der Waals surface area contributed by atoms with Crippen LogP contribution >= 0.6 is 11.8 Å². The molecule has 0 amide bonds. The molecule has 0 saturated heterocycles. The van der Waals surface area contributed by atoms with Gasteiger partial charge in [0.1, 0.15) is 0 Å². The fourth-order valence-corrected chi connectivity index (χ4v) is 2.74. The minimum atomic E-state index is -0.897. The van der Waals surface area contributed by atoms with Crippen LogP contribution in [0.2, 0.25) is 0 Å². The number of anilines is 1. The van der Waals surface area contributed by atoms with Crippen LogP contribution in [0.3, 0.4) is 0 Å². The van der Waals surface area contributed by atoms with Gasteiger partial charge < -0.3 is 15.0 Å². The molecule has 0 spiro atoms. The Hall–Kier alpha value is -1.95. The summed E-state index contributed by atoms with van der Waals surface area (Å²) in [5.74, 6) is -0.0506. The maximum absolute atomic E-state index is 11.4. The summed E-state index contributed by atoms with van der Waals surface area (Å²) in [4.78, 5) is 16.2. The van der Waals surface area contributed by atoms with E-state index in [1.165, 1.54) is 11.8 Å². The number of carbonyl (C=O) groups is 1. The summed E-state index contributed by atoms with van der Waals surface area (Å²) >= 11 is 1.54. The lowest BCUT2D eigenvalue weighted by atomic mass is 10.2. The molecule has 2 aromatic rings. The van der Waals surface area contributed by atoms with Crippen LogP contribution in [0.1, 0.15) is 17.3 Å². The number of benzene rings is 1. The number of thioether (sulfide) groups is 1. The third-order valence-electron chi connectivity index (χ3n) is 2.78. The van der Waals surface area contributed by atoms with Gasteiger partial charge in [0.15, 0.2) is 0 Å². The van der Waals surface area contributed by atoms with Crippen LogP contribution in [0.15, 0.2) is 41.8 Å². The van der Waals surface area contributed by atoms with Gasteiger partial charge in [0.2, 0.25) is 0 Å². The second-order valence-electron chi connectivity index (χ2n) is 4.14. The predicted octanol–water partition coefficient (Wildman–Crippen LogP) is 2.81. The highest BCUT2D eigenvalue weighted by Gasteiger charge is 2.15. The molecule has 106 valence electrons. The normalized spacial score (nSPS) is 10.4. The lowest BCUT2D eigenvalue weighted by Crippen LogP contribution is -2.12. The molecule has 0 aliphatic heterocycles. The molecule has 0 atom stereocenters. The van der Waals surface area contributed by atoms with E-state index in [1.807, 2.05) is 29.8 Å². The van der Waals surface area contributed by atoms with E-state index in [4.69, 9.17) is 0 Å². The molecule has 0 bridgehead atoms. The quantitative estimate of drug-likeness (QED) is 0.768. The Balaban J connectivity index is 2.09. The van der Waals surface area contributed by atoms with E-state index < -0.39 is 5.97 Å². The third-order valence-corrected chi connectivity index (χ3v) is 3.72. The van der Waals surface area contributed by atoms with Gasteiger partial charge in [-0.1, -0.05) is 13.0 Å². The van der Waals surface area contributed by atoms with Crippen molar-refractivity contribution in [3.8, 4) is 0 Å². The molecule has 6 heteroatoms. The van der Waals surface area contributed by atoms with Gasteiger partial charge in [-0.25, -0.2) is 9.78 Å². The summed E-state index contributed by atoms with van der Waals surface area (Å²) in [6.07, 6.45) is 5.34. The smallest absolute Gasteiger partial charge is 0.338 e. The SMILES string of the molecule is CCSc1cccc(NCCn2ccnc2)c1C(=O)O. The first-order valence-electron chi connectivity index (χ1n) is 6.41. The maximum atomic E-state index is 11.4. The number of carboxylic acid groups (broad SMARTS) is 1. The number of aromatic nitrogens is 2. The summed E-state index contributed by atoms with van der Waals surface area (Å²) in [6, 6.07) is 5.53. The van der Waals surface area contributed by atoms with E-state index in [0.29, 0.717) is 17.8 Å². The van der Waals surface area contributed by atoms with Crippen molar-refractivity contribution < 1.29 is 9.90 Å². The van der Waals surface area contributed by atoms with Crippen molar-refractivity contribution in [2.75, 3.05) is 17.6 Å². The number of imidazole rings is 1. The zero-order valence-corrected chi connectivity index (χ0v) is 12.1. The fourth-order valence-electron chi connectivity index (χ4n) is 1.91. The van der Waals surface area contributed by atoms with Crippen molar-refractivity contribution >= 4 is 23.4 Å². The van der Waals surface area contributed by atoms with Gasteiger partial charge in [-0.3, -0.25) is 0 Å². The highest BCUT2D eigenvalue weighted by molar-refractivity contribution is 7.99. The molecule has 20 heavy (non-hydrogen) atoms. The second-order valence-corrected chi connectivity index (χ2v) is 5.45. The molecule has 1 heterocycles. The summed E-state index contributed by atoms with van der Waals surface area (Å²) in [6.45, 7) is 3.40. The van der Waals surface area contributed by atoms with E-state index in [9.17, 15) is 9.90 Å². The fraction of sp³-hybridized carbons (Fsp3) is 0.286. The van der Waals surface area contributed by atoms with E-state index >= 15 is 0 Å². The molecule has 2 rings (SSSR count). The van der Waals surface area contributed by atoms with Crippen LogP contribution in [0.25, 0.3) is 0 Å². The number of rotatable bonds is 7. The Labute approximate surface area is 122 Å². The van der Waals surface area contributed by atoms with E-state index in [-0.39, 0.29) is 0 Å². The van der Waals surface area contributed by atoms with Gasteiger partial charge in [0.05, 0.1) is 11.9 Å². The summed E-state index contributed by atoms with van der Waals surface area (Å²) in [5.41, 5.74) is 1.01. The highest BCUT2D eigenvalue weighted by atomic mass is 32.2. The third kappa shape index (κ3) is 3.54. The second kappa shape index (κ2) is 7.00. The molecule has 0 saturated carbocycles. The minimum Gasteiger partial charge on any atom is -0.478 e. The zero-order chi connectivity index (χ0) is 14.4. The Kier molecular flexibility index (Phi) is 5.06. The predicted molar refractivity (Wildman–Crippen MR) is 80.5 cm³/mol. The molecule has 0 fully saturated rings. The average molecular weight is 291 g/mol. The largest absolute Gasteiger partial charge is 0.478 e. The Morgan fingerprint density at radius 1 is 1.50 bits per heavy atom. The summed E-state index contributed by atoms with van der Waals surface area (Å²) in [5, 5.41) is 12.6. The molecule has 0 unspecified atom stereocenters. The van der Waals surface area contributed by atoms with Crippen molar-refractivity contribution in [3.05, 3.63) is 42.5 Å². The van der Waals surface area contributed by atoms with Gasteiger partial charge in [-0.15, -0.1) is 11.8 Å². The number of nitrogens with zero attached hydrogens (tertiary/aromatic N) is 2.